The number of hydrogen-bond donors (Lipinski definition) is 0. The molecule has 1 atom stereocenters. The number of hydrogen-bond acceptors (Lipinski definition) is 3. The van der Waals surface area contributed by atoms with Crippen molar-refractivity contribution in [2.75, 3.05) is 24.7 Å². The second-order valence-electron chi connectivity index (χ2n) is 6.31. The van der Waals surface area contributed by atoms with Gasteiger partial charge < -0.3 is 4.90 Å². The Morgan fingerprint density at radius 1 is 1.12 bits per heavy atom. The molecule has 0 N–H and O–H groups in total. The molecule has 5 nitrogen and oxygen atoms in total. The molecule has 1 aliphatic rings. The minimum absolute atomic E-state index is 0.171. The van der Waals surface area contributed by atoms with Crippen molar-refractivity contribution in [1.82, 2.24) is 4.31 Å². The number of rotatable bonds is 3. The molecule has 1 unspecified atom stereocenters. The van der Waals surface area contributed by atoms with E-state index in [0.717, 1.165) is 29.3 Å². The quantitative estimate of drug-likeness (QED) is 0.858. The number of fused-ring (bicyclic) bond motifs is 1. The van der Waals surface area contributed by atoms with Crippen LogP contribution < -0.4 is 4.90 Å². The molecule has 0 bridgehead atoms. The molecular weight excluding hydrogens is 324 g/mol. The summed E-state index contributed by atoms with van der Waals surface area (Å²) in [5, 5.41) is 2.16. The highest BCUT2D eigenvalue weighted by Crippen LogP contribution is 2.26. The summed E-state index contributed by atoms with van der Waals surface area (Å²) in [6.45, 7) is 0.417. The fourth-order valence-electron chi connectivity index (χ4n) is 3.28. The first-order chi connectivity index (χ1) is 11.4. The molecule has 0 aromatic heterocycles. The molecule has 0 saturated carbocycles. The van der Waals surface area contributed by atoms with Crippen molar-refractivity contribution in [3.05, 3.63) is 42.5 Å². The molecule has 6 heteroatoms. The van der Waals surface area contributed by atoms with E-state index < -0.39 is 16.1 Å². The minimum Gasteiger partial charge on any atom is -0.314 e. The van der Waals surface area contributed by atoms with E-state index in [-0.39, 0.29) is 5.91 Å². The van der Waals surface area contributed by atoms with Crippen LogP contribution in [0.25, 0.3) is 10.8 Å². The monoisotopic (exact) mass is 346 g/mol. The highest BCUT2D eigenvalue weighted by molar-refractivity contribution is 7.88. The van der Waals surface area contributed by atoms with Crippen LogP contribution >= 0.6 is 0 Å². The zero-order valence-corrected chi connectivity index (χ0v) is 14.8. The van der Waals surface area contributed by atoms with Gasteiger partial charge >= 0.3 is 0 Å². The average molecular weight is 346 g/mol. The highest BCUT2D eigenvalue weighted by atomic mass is 32.2. The number of benzene rings is 2. The van der Waals surface area contributed by atoms with Crippen molar-refractivity contribution in [1.29, 1.82) is 0 Å². The number of anilines is 1. The Bertz CT molecular complexity index is 863. The van der Waals surface area contributed by atoms with Gasteiger partial charge in [-0.3, -0.25) is 4.79 Å². The highest BCUT2D eigenvalue weighted by Gasteiger charge is 2.36. The molecule has 3 rings (SSSR count). The van der Waals surface area contributed by atoms with Crippen LogP contribution in [0.2, 0.25) is 0 Å². The van der Waals surface area contributed by atoms with Gasteiger partial charge in [0.25, 0.3) is 0 Å². The third-order valence-electron chi connectivity index (χ3n) is 4.62. The summed E-state index contributed by atoms with van der Waals surface area (Å²) in [7, 11) is -1.67. The second kappa shape index (κ2) is 6.53. The number of amides is 1. The molecule has 128 valence electrons. The van der Waals surface area contributed by atoms with Crippen LogP contribution in [-0.2, 0) is 14.8 Å². The number of sulfonamides is 1. The van der Waals surface area contributed by atoms with Crippen LogP contribution in [0.1, 0.15) is 19.3 Å². The van der Waals surface area contributed by atoms with Gasteiger partial charge in [0.05, 0.1) is 6.26 Å². The SMILES string of the molecule is CN(C(=O)C1CCCCN1S(C)(=O)=O)c1ccc2ccccc2c1. The average Bonchev–Trinajstić information content (AvgIpc) is 2.59. The Kier molecular flexibility index (Phi) is 4.60. The third-order valence-corrected chi connectivity index (χ3v) is 5.90. The Balaban J connectivity index is 1.89. The van der Waals surface area contributed by atoms with E-state index in [2.05, 4.69) is 0 Å². The van der Waals surface area contributed by atoms with Gasteiger partial charge in [0.1, 0.15) is 6.04 Å². The van der Waals surface area contributed by atoms with E-state index in [9.17, 15) is 13.2 Å². The summed E-state index contributed by atoms with van der Waals surface area (Å²) in [6.07, 6.45) is 3.42. The Labute approximate surface area is 142 Å². The Hall–Kier alpha value is -1.92. The summed E-state index contributed by atoms with van der Waals surface area (Å²) >= 11 is 0. The predicted octanol–water partition coefficient (Wildman–Crippen LogP) is 2.62. The van der Waals surface area contributed by atoms with Crippen LogP contribution in [-0.4, -0.2) is 44.5 Å². The van der Waals surface area contributed by atoms with Crippen LogP contribution in [0.4, 0.5) is 5.69 Å². The molecule has 2 aromatic carbocycles. The molecule has 24 heavy (non-hydrogen) atoms. The summed E-state index contributed by atoms with van der Waals surface area (Å²) in [6, 6.07) is 13.2. The van der Waals surface area contributed by atoms with Crippen LogP contribution in [0, 0.1) is 0 Å². The van der Waals surface area contributed by atoms with E-state index in [1.54, 1.807) is 11.9 Å². The zero-order valence-electron chi connectivity index (χ0n) is 14.0. The molecule has 0 aliphatic carbocycles. The number of carbonyl (C=O) groups is 1. The molecule has 1 amide bonds. The molecule has 1 aliphatic heterocycles. The van der Waals surface area contributed by atoms with Gasteiger partial charge in [-0.25, -0.2) is 8.42 Å². The number of piperidine rings is 1. The van der Waals surface area contributed by atoms with Crippen molar-refractivity contribution in [3.8, 4) is 0 Å². The Morgan fingerprint density at radius 3 is 2.54 bits per heavy atom. The fraction of sp³-hybridized carbons (Fsp3) is 0.389. The lowest BCUT2D eigenvalue weighted by molar-refractivity contribution is -0.122. The van der Waals surface area contributed by atoms with Crippen LogP contribution in [0.15, 0.2) is 42.5 Å². The van der Waals surface area contributed by atoms with Crippen molar-refractivity contribution in [2.45, 2.75) is 25.3 Å². The molecule has 2 aromatic rings. The van der Waals surface area contributed by atoms with Crippen molar-refractivity contribution in [2.24, 2.45) is 0 Å². The van der Waals surface area contributed by atoms with Gasteiger partial charge in [-0.1, -0.05) is 36.8 Å². The number of nitrogens with zero attached hydrogens (tertiary/aromatic N) is 2. The second-order valence-corrected chi connectivity index (χ2v) is 8.25. The zero-order chi connectivity index (χ0) is 17.3. The lowest BCUT2D eigenvalue weighted by atomic mass is 10.0. The standard InChI is InChI=1S/C18H22N2O3S/c1-19(16-11-10-14-7-3-4-8-15(14)13-16)18(21)17-9-5-6-12-20(17)24(2,22)23/h3-4,7-8,10-11,13,17H,5-6,9,12H2,1-2H3. The van der Waals surface area contributed by atoms with Gasteiger partial charge in [-0.15, -0.1) is 0 Å². The first-order valence-corrected chi connectivity index (χ1v) is 9.96. The lowest BCUT2D eigenvalue weighted by Crippen LogP contribution is -2.52. The first-order valence-electron chi connectivity index (χ1n) is 8.11. The first kappa shape index (κ1) is 16.9. The fourth-order valence-corrected chi connectivity index (χ4v) is 4.40. The number of likely N-dealkylation sites (N-methyl/N-ethyl adjacent to an activating group) is 1. The van der Waals surface area contributed by atoms with Crippen LogP contribution in [0.5, 0.6) is 0 Å². The van der Waals surface area contributed by atoms with E-state index in [4.69, 9.17) is 0 Å². The van der Waals surface area contributed by atoms with Crippen molar-refractivity contribution >= 4 is 32.4 Å². The third kappa shape index (κ3) is 3.30. The smallest absolute Gasteiger partial charge is 0.245 e. The maximum absolute atomic E-state index is 12.9. The van der Waals surface area contributed by atoms with Gasteiger partial charge in [0, 0.05) is 19.3 Å². The van der Waals surface area contributed by atoms with E-state index >= 15 is 0 Å². The molecule has 1 saturated heterocycles. The molecule has 0 radical (unpaired) electrons. The van der Waals surface area contributed by atoms with E-state index in [1.807, 2.05) is 42.5 Å². The molecule has 0 spiro atoms. The van der Waals surface area contributed by atoms with Gasteiger partial charge in [-0.2, -0.15) is 4.31 Å². The number of carbonyl (C=O) groups excluding carboxylic acids is 1. The van der Waals surface area contributed by atoms with Gasteiger partial charge in [-0.05, 0) is 35.7 Å². The summed E-state index contributed by atoms with van der Waals surface area (Å²) in [5.74, 6) is -0.171. The van der Waals surface area contributed by atoms with E-state index in [0.29, 0.717) is 13.0 Å². The molecule has 1 heterocycles. The summed E-state index contributed by atoms with van der Waals surface area (Å²) in [5.41, 5.74) is 0.776. The van der Waals surface area contributed by atoms with Gasteiger partial charge in [0.2, 0.25) is 15.9 Å². The largest absolute Gasteiger partial charge is 0.314 e. The summed E-state index contributed by atoms with van der Waals surface area (Å²) in [4.78, 5) is 14.5. The molecule has 1 fully saturated rings. The van der Waals surface area contributed by atoms with Gasteiger partial charge in [0.15, 0.2) is 0 Å². The van der Waals surface area contributed by atoms with Crippen molar-refractivity contribution in [3.63, 3.8) is 0 Å². The lowest BCUT2D eigenvalue weighted by Gasteiger charge is -2.35. The normalized spacial score (nSPS) is 19.3. The maximum atomic E-state index is 12.9. The van der Waals surface area contributed by atoms with E-state index in [1.165, 1.54) is 10.6 Å². The summed E-state index contributed by atoms with van der Waals surface area (Å²) < 4.78 is 25.3. The topological polar surface area (TPSA) is 57.7 Å². The maximum Gasteiger partial charge on any atom is 0.245 e. The minimum atomic E-state index is -3.38. The Morgan fingerprint density at radius 2 is 1.83 bits per heavy atom. The predicted molar refractivity (Wildman–Crippen MR) is 96.5 cm³/mol. The van der Waals surface area contributed by atoms with Crippen molar-refractivity contribution < 1.29 is 13.2 Å². The van der Waals surface area contributed by atoms with Crippen LogP contribution in [0.3, 0.4) is 0 Å². The molecular formula is C18H22N2O3S.